The van der Waals surface area contributed by atoms with E-state index in [-0.39, 0.29) is 18.2 Å². The fourth-order valence-corrected chi connectivity index (χ4v) is 4.52. The minimum Gasteiger partial charge on any atom is -0.384 e. The lowest BCUT2D eigenvalue weighted by molar-refractivity contribution is -0.122. The van der Waals surface area contributed by atoms with Gasteiger partial charge in [-0.15, -0.1) is 10.2 Å². The van der Waals surface area contributed by atoms with Crippen LogP contribution < -0.4 is 10.2 Å². The van der Waals surface area contributed by atoms with E-state index in [4.69, 9.17) is 16.3 Å². The fraction of sp³-hybridized carbons (Fsp3) is 0.412. The maximum Gasteiger partial charge on any atom is 0.231 e. The Kier molecular flexibility index (Phi) is 6.69. The number of rotatable bonds is 7. The van der Waals surface area contributed by atoms with Crippen LogP contribution in [0.3, 0.4) is 0 Å². The molecule has 3 rings (SSSR count). The number of thioether (sulfide) groups is 1. The highest BCUT2D eigenvalue weighted by molar-refractivity contribution is 8.01. The molecule has 7 nitrogen and oxygen atoms in total. The first kappa shape index (κ1) is 20.1. The maximum atomic E-state index is 12.5. The Bertz CT molecular complexity index is 845. The molecular formula is C17H19ClN4O3S2. The molecule has 1 fully saturated rings. The van der Waals surface area contributed by atoms with Crippen LogP contribution in [0.15, 0.2) is 22.5 Å². The SMILES string of the molecule is COCCSc1nnc(NC(=O)[C@@H]2CC(=O)N(c3ccc(C)c(Cl)c3)C2)s1. The summed E-state index contributed by atoms with van der Waals surface area (Å²) >= 11 is 8.98. The van der Waals surface area contributed by atoms with E-state index in [1.165, 1.54) is 23.1 Å². The predicted octanol–water partition coefficient (Wildman–Crippen LogP) is 3.23. The number of methoxy groups -OCH3 is 1. The Morgan fingerprint density at radius 2 is 2.30 bits per heavy atom. The van der Waals surface area contributed by atoms with Gasteiger partial charge in [0.05, 0.1) is 12.5 Å². The number of aromatic nitrogens is 2. The van der Waals surface area contributed by atoms with Gasteiger partial charge in [-0.3, -0.25) is 9.59 Å². The van der Waals surface area contributed by atoms with Gasteiger partial charge in [0.2, 0.25) is 16.9 Å². The number of benzene rings is 1. The first-order valence-electron chi connectivity index (χ1n) is 8.30. The highest BCUT2D eigenvalue weighted by Crippen LogP contribution is 2.30. The zero-order valence-electron chi connectivity index (χ0n) is 14.9. The molecule has 1 saturated heterocycles. The number of nitrogens with zero attached hydrogens (tertiary/aromatic N) is 3. The first-order valence-corrected chi connectivity index (χ1v) is 10.5. The Labute approximate surface area is 170 Å². The molecule has 10 heteroatoms. The van der Waals surface area contributed by atoms with Crippen molar-refractivity contribution in [3.8, 4) is 0 Å². The van der Waals surface area contributed by atoms with Crippen LogP contribution in [0.1, 0.15) is 12.0 Å². The van der Waals surface area contributed by atoms with E-state index in [1.807, 2.05) is 19.1 Å². The van der Waals surface area contributed by atoms with Gasteiger partial charge in [0.1, 0.15) is 0 Å². The summed E-state index contributed by atoms with van der Waals surface area (Å²) in [5.41, 5.74) is 1.65. The number of aryl methyl sites for hydroxylation is 1. The third-order valence-corrected chi connectivity index (χ3v) is 6.46. The number of halogens is 1. The minimum atomic E-state index is -0.439. The molecule has 2 heterocycles. The molecule has 27 heavy (non-hydrogen) atoms. The average molecular weight is 427 g/mol. The van der Waals surface area contributed by atoms with E-state index in [0.29, 0.717) is 29.0 Å². The first-order chi connectivity index (χ1) is 13.0. The lowest BCUT2D eigenvalue weighted by Gasteiger charge is -2.17. The molecule has 1 aromatic carbocycles. The molecule has 1 aliphatic rings. The second kappa shape index (κ2) is 9.01. The molecule has 1 aromatic heterocycles. The molecule has 2 amide bonds. The van der Waals surface area contributed by atoms with Crippen LogP contribution >= 0.6 is 34.7 Å². The van der Waals surface area contributed by atoms with Crippen LogP contribution in [-0.2, 0) is 14.3 Å². The predicted molar refractivity (Wildman–Crippen MR) is 108 cm³/mol. The van der Waals surface area contributed by atoms with Gasteiger partial charge in [0.25, 0.3) is 0 Å². The van der Waals surface area contributed by atoms with Gasteiger partial charge in [0, 0.05) is 36.5 Å². The zero-order chi connectivity index (χ0) is 19.4. The smallest absolute Gasteiger partial charge is 0.231 e. The van der Waals surface area contributed by atoms with E-state index < -0.39 is 5.92 Å². The number of hydrogen-bond donors (Lipinski definition) is 1. The summed E-state index contributed by atoms with van der Waals surface area (Å²) in [5.74, 6) is 0.00690. The molecule has 0 bridgehead atoms. The third kappa shape index (κ3) is 4.98. The highest BCUT2D eigenvalue weighted by Gasteiger charge is 2.35. The van der Waals surface area contributed by atoms with Crippen molar-refractivity contribution in [2.45, 2.75) is 17.7 Å². The van der Waals surface area contributed by atoms with Crippen LogP contribution in [-0.4, -0.2) is 48.0 Å². The van der Waals surface area contributed by atoms with Gasteiger partial charge in [-0.2, -0.15) is 0 Å². The van der Waals surface area contributed by atoms with Crippen molar-refractivity contribution in [1.29, 1.82) is 0 Å². The average Bonchev–Trinajstić information content (AvgIpc) is 3.24. The second-order valence-corrected chi connectivity index (χ2v) is 8.77. The van der Waals surface area contributed by atoms with Crippen molar-refractivity contribution in [2.75, 3.05) is 36.2 Å². The summed E-state index contributed by atoms with van der Waals surface area (Å²) in [6.45, 7) is 2.84. The van der Waals surface area contributed by atoms with Gasteiger partial charge in [-0.1, -0.05) is 40.8 Å². The van der Waals surface area contributed by atoms with E-state index in [9.17, 15) is 9.59 Å². The molecule has 2 aromatic rings. The van der Waals surface area contributed by atoms with Gasteiger partial charge >= 0.3 is 0 Å². The molecule has 0 unspecified atom stereocenters. The van der Waals surface area contributed by atoms with Crippen LogP contribution in [0.25, 0.3) is 0 Å². The number of carbonyl (C=O) groups excluding carboxylic acids is 2. The fourth-order valence-electron chi connectivity index (χ4n) is 2.62. The van der Waals surface area contributed by atoms with Crippen LogP contribution in [0, 0.1) is 12.8 Å². The van der Waals surface area contributed by atoms with E-state index in [1.54, 1.807) is 18.1 Å². The number of hydrogen-bond acceptors (Lipinski definition) is 7. The van der Waals surface area contributed by atoms with Crippen LogP contribution in [0.4, 0.5) is 10.8 Å². The van der Waals surface area contributed by atoms with Gasteiger partial charge in [-0.25, -0.2) is 0 Å². The minimum absolute atomic E-state index is 0.0943. The molecule has 0 spiro atoms. The Hall–Kier alpha value is -1.68. The Morgan fingerprint density at radius 1 is 1.48 bits per heavy atom. The van der Waals surface area contributed by atoms with Crippen molar-refractivity contribution in [1.82, 2.24) is 10.2 Å². The molecule has 1 atom stereocenters. The molecular weight excluding hydrogens is 408 g/mol. The number of anilines is 2. The summed E-state index contributed by atoms with van der Waals surface area (Å²) in [7, 11) is 1.64. The normalized spacial score (nSPS) is 16.8. The lowest BCUT2D eigenvalue weighted by atomic mass is 10.1. The summed E-state index contributed by atoms with van der Waals surface area (Å²) in [5, 5.41) is 11.8. The van der Waals surface area contributed by atoms with E-state index in [0.717, 1.165) is 15.7 Å². The Balaban J connectivity index is 1.59. The van der Waals surface area contributed by atoms with Gasteiger partial charge in [0.15, 0.2) is 4.34 Å². The van der Waals surface area contributed by atoms with Gasteiger partial charge < -0.3 is 15.0 Å². The van der Waals surface area contributed by atoms with E-state index in [2.05, 4.69) is 15.5 Å². The number of nitrogens with one attached hydrogen (secondary N) is 1. The van der Waals surface area contributed by atoms with Gasteiger partial charge in [-0.05, 0) is 24.6 Å². The zero-order valence-corrected chi connectivity index (χ0v) is 17.3. The van der Waals surface area contributed by atoms with Crippen molar-refractivity contribution >= 4 is 57.3 Å². The monoisotopic (exact) mass is 426 g/mol. The summed E-state index contributed by atoms with van der Waals surface area (Å²) < 4.78 is 5.76. The topological polar surface area (TPSA) is 84.4 Å². The maximum absolute atomic E-state index is 12.5. The molecule has 0 radical (unpaired) electrons. The largest absolute Gasteiger partial charge is 0.384 e. The van der Waals surface area contributed by atoms with Crippen molar-refractivity contribution in [2.24, 2.45) is 5.92 Å². The quantitative estimate of drug-likeness (QED) is 0.415. The molecule has 1 N–H and O–H groups in total. The van der Waals surface area contributed by atoms with Crippen molar-refractivity contribution in [3.63, 3.8) is 0 Å². The molecule has 0 saturated carbocycles. The number of amides is 2. The summed E-state index contributed by atoms with van der Waals surface area (Å²) in [6.07, 6.45) is 0.158. The highest BCUT2D eigenvalue weighted by atomic mass is 35.5. The lowest BCUT2D eigenvalue weighted by Crippen LogP contribution is -2.28. The van der Waals surface area contributed by atoms with Crippen molar-refractivity contribution < 1.29 is 14.3 Å². The Morgan fingerprint density at radius 3 is 3.04 bits per heavy atom. The van der Waals surface area contributed by atoms with E-state index >= 15 is 0 Å². The van der Waals surface area contributed by atoms with Crippen LogP contribution in [0.2, 0.25) is 5.02 Å². The molecule has 0 aliphatic carbocycles. The van der Waals surface area contributed by atoms with Crippen molar-refractivity contribution in [3.05, 3.63) is 28.8 Å². The second-order valence-electron chi connectivity index (χ2n) is 6.04. The summed E-state index contributed by atoms with van der Waals surface area (Å²) in [4.78, 5) is 26.5. The summed E-state index contributed by atoms with van der Waals surface area (Å²) in [6, 6.07) is 5.46. The third-order valence-electron chi connectivity index (χ3n) is 4.11. The molecule has 1 aliphatic heterocycles. The number of carbonyl (C=O) groups is 2. The van der Waals surface area contributed by atoms with Crippen LogP contribution in [0.5, 0.6) is 0 Å². The number of ether oxygens (including phenoxy) is 1. The standard InChI is InChI=1S/C17H19ClN4O3S2/c1-10-3-4-12(8-13(10)18)22-9-11(7-14(22)23)15(24)19-16-20-21-17(27-16)26-6-5-25-2/h3-4,8,11H,5-7,9H2,1-2H3,(H,19,20,24)/t11-/m1/s1. The molecule has 144 valence electrons.